The van der Waals surface area contributed by atoms with Gasteiger partial charge in [0.1, 0.15) is 11.5 Å². The van der Waals surface area contributed by atoms with Gasteiger partial charge in [-0.2, -0.15) is 0 Å². The van der Waals surface area contributed by atoms with Crippen molar-refractivity contribution in [3.05, 3.63) is 56.5 Å². The summed E-state index contributed by atoms with van der Waals surface area (Å²) in [6.07, 6.45) is 0. The number of benzene rings is 2. The fraction of sp³-hybridized carbons (Fsp3) is 0. The molecule has 0 aliphatic heterocycles. The second-order valence-electron chi connectivity index (χ2n) is 3.81. The standard InChI is InChI=1S/C13H9BrCl2N2O2/c14-9-5-7(13(17)18-19)1-3-11(9)20-12-4-2-8(15)6-10(12)16/h1-6,19H,(H2,17,18). The molecule has 2 aromatic rings. The zero-order valence-corrected chi connectivity index (χ0v) is 13.1. The van der Waals surface area contributed by atoms with Crippen molar-refractivity contribution in [1.82, 2.24) is 0 Å². The third-order valence-corrected chi connectivity index (χ3v) is 3.60. The van der Waals surface area contributed by atoms with E-state index in [9.17, 15) is 0 Å². The van der Waals surface area contributed by atoms with Crippen LogP contribution in [-0.4, -0.2) is 11.0 Å². The first kappa shape index (κ1) is 15.0. The maximum Gasteiger partial charge on any atom is 0.170 e. The minimum atomic E-state index is 0.0155. The highest BCUT2D eigenvalue weighted by molar-refractivity contribution is 9.10. The Labute approximate surface area is 133 Å². The Hall–Kier alpha value is -1.43. The second kappa shape index (κ2) is 6.35. The van der Waals surface area contributed by atoms with Crippen LogP contribution in [0.25, 0.3) is 0 Å². The van der Waals surface area contributed by atoms with Gasteiger partial charge in [-0.15, -0.1) is 0 Å². The van der Waals surface area contributed by atoms with Crippen LogP contribution in [0.5, 0.6) is 11.5 Å². The summed E-state index contributed by atoms with van der Waals surface area (Å²) in [5.41, 5.74) is 6.07. The quantitative estimate of drug-likeness (QED) is 0.355. The summed E-state index contributed by atoms with van der Waals surface area (Å²) < 4.78 is 6.33. The molecule has 7 heteroatoms. The molecule has 0 spiro atoms. The Balaban J connectivity index is 2.30. The highest BCUT2D eigenvalue weighted by Gasteiger charge is 2.09. The smallest absolute Gasteiger partial charge is 0.170 e. The van der Waals surface area contributed by atoms with Gasteiger partial charge in [0.2, 0.25) is 0 Å². The molecule has 0 aliphatic rings. The number of ether oxygens (including phenoxy) is 1. The SMILES string of the molecule is N/C(=N/O)c1ccc(Oc2ccc(Cl)cc2Cl)c(Br)c1. The maximum atomic E-state index is 8.63. The molecule has 4 nitrogen and oxygen atoms in total. The van der Waals surface area contributed by atoms with Crippen LogP contribution in [0.4, 0.5) is 0 Å². The lowest BCUT2D eigenvalue weighted by Crippen LogP contribution is -2.12. The lowest BCUT2D eigenvalue weighted by molar-refractivity contribution is 0.318. The average molecular weight is 376 g/mol. The van der Waals surface area contributed by atoms with E-state index in [4.69, 9.17) is 38.9 Å². The zero-order valence-electron chi connectivity index (χ0n) is 9.98. The summed E-state index contributed by atoms with van der Waals surface area (Å²) in [4.78, 5) is 0. The molecule has 2 aromatic carbocycles. The van der Waals surface area contributed by atoms with E-state index >= 15 is 0 Å². The van der Waals surface area contributed by atoms with Gasteiger partial charge in [-0.25, -0.2) is 0 Å². The third-order valence-electron chi connectivity index (χ3n) is 2.45. The van der Waals surface area contributed by atoms with Crippen LogP contribution in [0.15, 0.2) is 46.0 Å². The third kappa shape index (κ3) is 3.36. The van der Waals surface area contributed by atoms with Crippen molar-refractivity contribution in [3.8, 4) is 11.5 Å². The Kier molecular flexibility index (Phi) is 4.75. The highest BCUT2D eigenvalue weighted by atomic mass is 79.9. The van der Waals surface area contributed by atoms with Gasteiger partial charge in [0.15, 0.2) is 5.84 Å². The van der Waals surface area contributed by atoms with E-state index < -0.39 is 0 Å². The van der Waals surface area contributed by atoms with Crippen LogP contribution in [0.3, 0.4) is 0 Å². The predicted octanol–water partition coefficient (Wildman–Crippen LogP) is 4.64. The van der Waals surface area contributed by atoms with Crippen LogP contribution in [0.1, 0.15) is 5.56 Å². The molecule has 0 aromatic heterocycles. The van der Waals surface area contributed by atoms with Crippen molar-refractivity contribution in [2.45, 2.75) is 0 Å². The Morgan fingerprint density at radius 3 is 2.45 bits per heavy atom. The van der Waals surface area contributed by atoms with E-state index in [1.165, 1.54) is 0 Å². The predicted molar refractivity (Wildman–Crippen MR) is 83.2 cm³/mol. The molecule has 0 saturated heterocycles. The van der Waals surface area contributed by atoms with Gasteiger partial charge in [0, 0.05) is 10.6 Å². The number of amidine groups is 1. The van der Waals surface area contributed by atoms with E-state index in [0.29, 0.717) is 31.6 Å². The lowest BCUT2D eigenvalue weighted by atomic mass is 10.2. The van der Waals surface area contributed by atoms with Crippen LogP contribution in [-0.2, 0) is 0 Å². The van der Waals surface area contributed by atoms with Gasteiger partial charge in [0.05, 0.1) is 9.50 Å². The first-order chi connectivity index (χ1) is 9.51. The number of hydrogen-bond acceptors (Lipinski definition) is 3. The normalized spacial score (nSPS) is 11.4. The topological polar surface area (TPSA) is 67.8 Å². The number of rotatable bonds is 3. The Morgan fingerprint density at radius 2 is 1.85 bits per heavy atom. The van der Waals surface area contributed by atoms with Crippen molar-refractivity contribution in [2.24, 2.45) is 10.9 Å². The van der Waals surface area contributed by atoms with Crippen molar-refractivity contribution in [2.75, 3.05) is 0 Å². The number of hydrogen-bond donors (Lipinski definition) is 2. The molecule has 0 bridgehead atoms. The average Bonchev–Trinajstić information content (AvgIpc) is 2.42. The van der Waals surface area contributed by atoms with E-state index in [1.54, 1.807) is 36.4 Å². The second-order valence-corrected chi connectivity index (χ2v) is 5.51. The minimum Gasteiger partial charge on any atom is -0.455 e. The summed E-state index contributed by atoms with van der Waals surface area (Å²) in [5, 5.41) is 12.5. The summed E-state index contributed by atoms with van der Waals surface area (Å²) in [5.74, 6) is 1.04. The van der Waals surface area contributed by atoms with Crippen LogP contribution < -0.4 is 10.5 Å². The summed E-state index contributed by atoms with van der Waals surface area (Å²) in [6.45, 7) is 0. The summed E-state index contributed by atoms with van der Waals surface area (Å²) in [7, 11) is 0. The highest BCUT2D eigenvalue weighted by Crippen LogP contribution is 2.35. The van der Waals surface area contributed by atoms with E-state index in [-0.39, 0.29) is 5.84 Å². The number of nitrogens with zero attached hydrogens (tertiary/aromatic N) is 1. The molecule has 0 fully saturated rings. The number of halogens is 3. The molecule has 0 amide bonds. The molecule has 3 N–H and O–H groups in total. The minimum absolute atomic E-state index is 0.0155. The fourth-order valence-electron chi connectivity index (χ4n) is 1.48. The number of nitrogens with two attached hydrogens (primary N) is 1. The molecule has 2 rings (SSSR count). The molecular formula is C13H9BrCl2N2O2. The first-order valence-electron chi connectivity index (χ1n) is 5.41. The summed E-state index contributed by atoms with van der Waals surface area (Å²) in [6, 6.07) is 9.97. The van der Waals surface area contributed by atoms with Gasteiger partial charge in [-0.05, 0) is 52.3 Å². The molecule has 0 unspecified atom stereocenters. The molecular weight excluding hydrogens is 367 g/mol. The molecule has 0 heterocycles. The van der Waals surface area contributed by atoms with Gasteiger partial charge in [-0.1, -0.05) is 28.4 Å². The van der Waals surface area contributed by atoms with Gasteiger partial charge in [0.25, 0.3) is 0 Å². The van der Waals surface area contributed by atoms with Crippen molar-refractivity contribution in [1.29, 1.82) is 0 Å². The molecule has 104 valence electrons. The largest absolute Gasteiger partial charge is 0.455 e. The lowest BCUT2D eigenvalue weighted by Gasteiger charge is -2.10. The van der Waals surface area contributed by atoms with Crippen molar-refractivity contribution in [3.63, 3.8) is 0 Å². The maximum absolute atomic E-state index is 8.63. The fourth-order valence-corrected chi connectivity index (χ4v) is 2.38. The Morgan fingerprint density at radius 1 is 1.15 bits per heavy atom. The van der Waals surface area contributed by atoms with Gasteiger partial charge >= 0.3 is 0 Å². The molecule has 0 radical (unpaired) electrons. The molecule has 0 aliphatic carbocycles. The van der Waals surface area contributed by atoms with Crippen LogP contribution >= 0.6 is 39.1 Å². The van der Waals surface area contributed by atoms with Gasteiger partial charge < -0.3 is 15.7 Å². The Bertz CT molecular complexity index is 677. The van der Waals surface area contributed by atoms with Crippen molar-refractivity contribution < 1.29 is 9.94 Å². The molecule has 0 atom stereocenters. The van der Waals surface area contributed by atoms with E-state index in [0.717, 1.165) is 0 Å². The van der Waals surface area contributed by atoms with Crippen LogP contribution in [0, 0.1) is 0 Å². The monoisotopic (exact) mass is 374 g/mol. The van der Waals surface area contributed by atoms with Gasteiger partial charge in [-0.3, -0.25) is 0 Å². The molecule has 20 heavy (non-hydrogen) atoms. The van der Waals surface area contributed by atoms with Crippen LogP contribution in [0.2, 0.25) is 10.0 Å². The summed E-state index contributed by atoms with van der Waals surface area (Å²) >= 11 is 15.2. The first-order valence-corrected chi connectivity index (χ1v) is 6.96. The number of oxime groups is 1. The van der Waals surface area contributed by atoms with E-state index in [1.807, 2.05) is 0 Å². The van der Waals surface area contributed by atoms with E-state index in [2.05, 4.69) is 21.1 Å². The molecule has 0 saturated carbocycles. The van der Waals surface area contributed by atoms with Crippen molar-refractivity contribution >= 4 is 45.0 Å². The zero-order chi connectivity index (χ0) is 14.7.